The van der Waals surface area contributed by atoms with Crippen molar-refractivity contribution in [2.24, 2.45) is 0 Å². The quantitative estimate of drug-likeness (QED) is 0.254. The Balaban J connectivity index is 3.34. The number of unbranched alkanes of at least 4 members (excludes halogenated alkanes) is 5. The summed E-state index contributed by atoms with van der Waals surface area (Å²) in [7, 11) is 0. The molecule has 0 unspecified atom stereocenters. The monoisotopic (exact) mass is 418 g/mol. The van der Waals surface area contributed by atoms with Gasteiger partial charge in [0, 0.05) is 0 Å². The van der Waals surface area contributed by atoms with Crippen LogP contribution >= 0.6 is 18.6 Å². The van der Waals surface area contributed by atoms with Gasteiger partial charge in [0.25, 0.3) is 0 Å². The van der Waals surface area contributed by atoms with Gasteiger partial charge in [-0.3, -0.25) is 0 Å². The molecule has 0 N–H and O–H groups in total. The summed E-state index contributed by atoms with van der Waals surface area (Å²) in [5.41, 5.74) is 0. The van der Waals surface area contributed by atoms with E-state index in [1.54, 1.807) is 13.3 Å². The van der Waals surface area contributed by atoms with E-state index in [-0.39, 0.29) is 0 Å². The van der Waals surface area contributed by atoms with Gasteiger partial charge in [0.15, 0.2) is 0 Å². The van der Waals surface area contributed by atoms with Crippen molar-refractivity contribution < 1.29 is 0 Å². The van der Waals surface area contributed by atoms with Gasteiger partial charge in [-0.15, -0.1) is 0 Å². The molecule has 0 nitrogen and oxygen atoms in total. The Morgan fingerprint density at radius 3 is 1.79 bits per heavy atom. The van der Waals surface area contributed by atoms with Gasteiger partial charge >= 0.3 is 106 Å². The SMILES string of the molecule is CCCCCCC[CH2][Sn]([I])([CH2]C)[CH2]C. The predicted octanol–water partition coefficient (Wildman–Crippen LogP) is 5.77. The first kappa shape index (κ1) is 15.5. The molecule has 0 heterocycles. The van der Waals surface area contributed by atoms with Gasteiger partial charge in [-0.05, 0) is 0 Å². The molecular weight excluding hydrogens is 390 g/mol. The van der Waals surface area contributed by atoms with Crippen LogP contribution in [-0.2, 0) is 0 Å². The molecule has 0 saturated heterocycles. The van der Waals surface area contributed by atoms with E-state index in [1.165, 1.54) is 38.5 Å². The summed E-state index contributed by atoms with van der Waals surface area (Å²) in [6.07, 6.45) is 8.81. The van der Waals surface area contributed by atoms with Crippen molar-refractivity contribution >= 4 is 33.0 Å². The van der Waals surface area contributed by atoms with Gasteiger partial charge < -0.3 is 0 Å². The van der Waals surface area contributed by atoms with Gasteiger partial charge in [-0.25, -0.2) is 0 Å². The normalized spacial score (nSPS) is 12.0. The van der Waals surface area contributed by atoms with Crippen LogP contribution in [0, 0.1) is 0 Å². The van der Waals surface area contributed by atoms with Gasteiger partial charge in [-0.2, -0.15) is 0 Å². The number of hydrogen-bond donors (Lipinski definition) is 0. The minimum absolute atomic E-state index is 1.37. The molecule has 0 radical (unpaired) electrons. The van der Waals surface area contributed by atoms with E-state index in [4.69, 9.17) is 0 Å². The summed E-state index contributed by atoms with van der Waals surface area (Å²) in [4.78, 5) is 0. The van der Waals surface area contributed by atoms with Crippen LogP contribution in [0.2, 0.25) is 13.3 Å². The second-order valence-electron chi connectivity index (χ2n) is 4.38. The van der Waals surface area contributed by atoms with Gasteiger partial charge in [0.05, 0.1) is 0 Å². The van der Waals surface area contributed by atoms with E-state index in [9.17, 15) is 0 Å². The fourth-order valence-corrected chi connectivity index (χ4v) is 10.4. The molecule has 0 saturated carbocycles. The van der Waals surface area contributed by atoms with Crippen LogP contribution in [0.3, 0.4) is 0 Å². The first-order valence-electron chi connectivity index (χ1n) is 6.37. The summed E-state index contributed by atoms with van der Waals surface area (Å²) in [6.45, 7) is 7.13. The fourth-order valence-electron chi connectivity index (χ4n) is 1.83. The maximum atomic E-state index is 2.88. The molecular formula is C12H27ISn. The Labute approximate surface area is 105 Å². The molecule has 0 aromatic carbocycles. The standard InChI is InChI=1S/C8H17.2C2H5.HI.Sn/c1-3-5-7-8-6-4-2;2*1-2;;/h1,3-8H2,2H3;2*1H2,2H3;1H;/q;;;;+1/p-1. The van der Waals surface area contributed by atoms with Crippen molar-refractivity contribution in [3.63, 3.8) is 0 Å². The van der Waals surface area contributed by atoms with E-state index in [0.717, 1.165) is 0 Å². The zero-order valence-corrected chi connectivity index (χ0v) is 15.3. The maximum absolute atomic E-state index is 2.88. The minimum atomic E-state index is -1.51. The summed E-state index contributed by atoms with van der Waals surface area (Å²) in [5, 5.41) is 0. The summed E-state index contributed by atoms with van der Waals surface area (Å²) >= 11 is 1.37. The molecule has 0 aromatic heterocycles. The Morgan fingerprint density at radius 2 is 1.29 bits per heavy atom. The number of hydrogen-bond acceptors (Lipinski definition) is 0. The van der Waals surface area contributed by atoms with Crippen molar-refractivity contribution in [3.8, 4) is 0 Å². The summed E-state index contributed by atoms with van der Waals surface area (Å²) in [5.74, 6) is 0. The second-order valence-corrected chi connectivity index (χ2v) is 31.8. The van der Waals surface area contributed by atoms with Crippen molar-refractivity contribution in [2.75, 3.05) is 0 Å². The van der Waals surface area contributed by atoms with Crippen LogP contribution in [0.4, 0.5) is 0 Å². The van der Waals surface area contributed by atoms with E-state index < -0.39 is 14.4 Å². The van der Waals surface area contributed by atoms with Crippen LogP contribution in [0.1, 0.15) is 59.3 Å². The Morgan fingerprint density at radius 1 is 0.786 bits per heavy atom. The van der Waals surface area contributed by atoms with Crippen LogP contribution < -0.4 is 0 Å². The molecule has 0 atom stereocenters. The fraction of sp³-hybridized carbons (Fsp3) is 1.00. The number of rotatable bonds is 9. The molecule has 0 aromatic rings. The molecule has 14 heavy (non-hydrogen) atoms. The molecule has 0 fully saturated rings. The third-order valence-corrected chi connectivity index (χ3v) is 27.9. The average Bonchev–Trinajstić information content (AvgIpc) is 2.23. The first-order chi connectivity index (χ1) is 6.68. The van der Waals surface area contributed by atoms with Crippen molar-refractivity contribution in [1.29, 1.82) is 0 Å². The molecule has 0 rings (SSSR count). The van der Waals surface area contributed by atoms with Crippen LogP contribution in [0.15, 0.2) is 0 Å². The van der Waals surface area contributed by atoms with Gasteiger partial charge in [0.1, 0.15) is 0 Å². The third kappa shape index (κ3) is 7.77. The van der Waals surface area contributed by atoms with Crippen molar-refractivity contribution in [3.05, 3.63) is 0 Å². The van der Waals surface area contributed by atoms with E-state index in [0.29, 0.717) is 0 Å². The molecule has 0 bridgehead atoms. The average molecular weight is 417 g/mol. The van der Waals surface area contributed by atoms with Crippen LogP contribution in [0.25, 0.3) is 0 Å². The topological polar surface area (TPSA) is 0 Å². The van der Waals surface area contributed by atoms with Crippen LogP contribution in [-0.4, -0.2) is 14.4 Å². The Bertz CT molecular complexity index is 121. The predicted molar refractivity (Wildman–Crippen MR) is 78.9 cm³/mol. The Kier molecular flexibility index (Phi) is 10.8. The van der Waals surface area contributed by atoms with Gasteiger partial charge in [-0.1, -0.05) is 0 Å². The molecule has 0 aliphatic rings. The zero-order valence-electron chi connectivity index (χ0n) is 10.2. The molecule has 0 aliphatic carbocycles. The molecule has 86 valence electrons. The van der Waals surface area contributed by atoms with E-state index in [2.05, 4.69) is 39.4 Å². The molecule has 0 amide bonds. The second kappa shape index (κ2) is 9.73. The van der Waals surface area contributed by atoms with Gasteiger partial charge in [0.2, 0.25) is 0 Å². The number of halogens is 1. The van der Waals surface area contributed by atoms with E-state index >= 15 is 0 Å². The summed E-state index contributed by atoms with van der Waals surface area (Å²) in [6, 6.07) is 0. The molecule has 0 spiro atoms. The molecule has 2 heteroatoms. The Hall–Kier alpha value is 1.53. The van der Waals surface area contributed by atoms with Crippen LogP contribution in [0.5, 0.6) is 0 Å². The third-order valence-electron chi connectivity index (χ3n) is 3.25. The zero-order chi connectivity index (χ0) is 10.9. The summed E-state index contributed by atoms with van der Waals surface area (Å²) < 4.78 is 4.72. The first-order valence-corrected chi connectivity index (χ1v) is 20.7. The van der Waals surface area contributed by atoms with Crippen molar-refractivity contribution in [1.82, 2.24) is 0 Å². The van der Waals surface area contributed by atoms with E-state index in [1.807, 2.05) is 0 Å². The molecule has 0 aliphatic heterocycles. The van der Waals surface area contributed by atoms with Crippen molar-refractivity contribution in [2.45, 2.75) is 72.6 Å².